The highest BCUT2D eigenvalue weighted by atomic mass is 16.5. The molecule has 2 aromatic rings. The summed E-state index contributed by atoms with van der Waals surface area (Å²) >= 11 is 0. The van der Waals surface area contributed by atoms with Gasteiger partial charge in [0.2, 0.25) is 0 Å². The summed E-state index contributed by atoms with van der Waals surface area (Å²) in [6.07, 6.45) is 9.58. The molecule has 33 heavy (non-hydrogen) atoms. The molecule has 0 bridgehead atoms. The Morgan fingerprint density at radius 2 is 1.94 bits per heavy atom. The summed E-state index contributed by atoms with van der Waals surface area (Å²) in [5.41, 5.74) is 8.50. The molecule has 2 aromatic carbocycles. The number of rotatable bonds is 10. The number of anilines is 1. The minimum absolute atomic E-state index is 0.0955. The molecule has 1 aliphatic heterocycles. The number of allylic oxidation sites excluding steroid dienone is 3. The highest BCUT2D eigenvalue weighted by molar-refractivity contribution is 5.59. The van der Waals surface area contributed by atoms with Crippen LogP contribution >= 0.6 is 0 Å². The van der Waals surface area contributed by atoms with Crippen molar-refractivity contribution in [3.8, 4) is 0 Å². The van der Waals surface area contributed by atoms with Crippen molar-refractivity contribution in [3.05, 3.63) is 88.8 Å². The summed E-state index contributed by atoms with van der Waals surface area (Å²) in [7, 11) is 0. The topological polar surface area (TPSA) is 33.6 Å². The molecule has 0 aromatic heterocycles. The third-order valence-electron chi connectivity index (χ3n) is 6.59. The van der Waals surface area contributed by atoms with Crippen LogP contribution in [0, 0.1) is 19.8 Å². The number of nitrogens with zero attached hydrogens (tertiary/aromatic N) is 1. The summed E-state index contributed by atoms with van der Waals surface area (Å²) in [4.78, 5) is 4.84. The Kier molecular flexibility index (Phi) is 9.50. The fourth-order valence-corrected chi connectivity index (χ4v) is 4.63. The molecule has 3 heteroatoms. The van der Waals surface area contributed by atoms with E-state index in [9.17, 15) is 0 Å². The molecule has 3 nitrogen and oxygen atoms in total. The first-order chi connectivity index (χ1) is 16.0. The minimum Gasteiger partial charge on any atom is -0.381 e. The van der Waals surface area contributed by atoms with E-state index in [1.165, 1.54) is 22.3 Å². The fraction of sp³-hybridized carbons (Fsp3) is 0.433. The third kappa shape index (κ3) is 6.91. The Morgan fingerprint density at radius 3 is 2.67 bits per heavy atom. The Labute approximate surface area is 200 Å². The van der Waals surface area contributed by atoms with Crippen LogP contribution < -0.4 is 5.32 Å². The zero-order valence-corrected chi connectivity index (χ0v) is 20.9. The van der Waals surface area contributed by atoms with Gasteiger partial charge in [-0.1, -0.05) is 56.3 Å². The first kappa shape index (κ1) is 25.0. The standard InChI is InChI=1S/C30H40N2O/c1-6-8-15-29(31-7-2)30(28-14-9-11-22(3)24(28)5)26-12-10-13-27(21-26)32-23(4)20-25-16-18-33-19-17-25/h7,9-15,21,25,30,32H,4,6,8,16-20H2,1-3,5H3/b29-15-,31-7?. The van der Waals surface area contributed by atoms with Gasteiger partial charge in [0.05, 0.1) is 5.92 Å². The number of aryl methyl sites for hydroxylation is 1. The monoisotopic (exact) mass is 444 g/mol. The molecule has 0 saturated carbocycles. The zero-order chi connectivity index (χ0) is 23.6. The Morgan fingerprint density at radius 1 is 1.18 bits per heavy atom. The smallest absolute Gasteiger partial charge is 0.0513 e. The van der Waals surface area contributed by atoms with Crippen LogP contribution in [0.1, 0.15) is 74.1 Å². The Hall–Kier alpha value is -2.65. The average Bonchev–Trinajstić information content (AvgIpc) is 2.81. The van der Waals surface area contributed by atoms with E-state index in [0.717, 1.165) is 62.4 Å². The predicted octanol–water partition coefficient (Wildman–Crippen LogP) is 7.95. The predicted molar refractivity (Wildman–Crippen MR) is 142 cm³/mol. The summed E-state index contributed by atoms with van der Waals surface area (Å²) in [5.74, 6) is 0.755. The molecule has 0 amide bonds. The molecule has 1 aliphatic rings. The summed E-state index contributed by atoms with van der Waals surface area (Å²) < 4.78 is 5.51. The third-order valence-corrected chi connectivity index (χ3v) is 6.59. The van der Waals surface area contributed by atoms with Crippen molar-refractivity contribution in [2.75, 3.05) is 18.5 Å². The SMILES string of the molecule is C=C(CC1CCOCC1)Nc1cccc(C(/C(=C/CCC)N=CC)c2cccc(C)c2C)c1. The van der Waals surface area contributed by atoms with Crippen LogP contribution in [0.15, 0.2) is 71.5 Å². The molecule has 1 saturated heterocycles. The summed E-state index contributed by atoms with van der Waals surface area (Å²) in [6, 6.07) is 15.4. The number of nitrogens with one attached hydrogen (secondary N) is 1. The van der Waals surface area contributed by atoms with Crippen LogP contribution in [0.4, 0.5) is 5.69 Å². The van der Waals surface area contributed by atoms with Crippen LogP contribution in [-0.4, -0.2) is 19.4 Å². The lowest BCUT2D eigenvalue weighted by Gasteiger charge is -2.24. The second kappa shape index (κ2) is 12.6. The molecule has 3 rings (SSSR count). The maximum absolute atomic E-state index is 5.51. The van der Waals surface area contributed by atoms with E-state index in [-0.39, 0.29) is 5.92 Å². The van der Waals surface area contributed by atoms with Crippen LogP contribution in [0.5, 0.6) is 0 Å². The lowest BCUT2D eigenvalue weighted by molar-refractivity contribution is 0.0666. The van der Waals surface area contributed by atoms with E-state index >= 15 is 0 Å². The van der Waals surface area contributed by atoms with Gasteiger partial charge >= 0.3 is 0 Å². The largest absolute Gasteiger partial charge is 0.381 e. The van der Waals surface area contributed by atoms with Crippen molar-refractivity contribution in [2.24, 2.45) is 10.9 Å². The van der Waals surface area contributed by atoms with Crippen LogP contribution in [-0.2, 0) is 4.74 Å². The zero-order valence-electron chi connectivity index (χ0n) is 20.9. The van der Waals surface area contributed by atoms with Gasteiger partial charge in [0, 0.05) is 36.5 Å². The van der Waals surface area contributed by atoms with Crippen molar-refractivity contribution in [1.82, 2.24) is 0 Å². The molecule has 1 unspecified atom stereocenters. The normalized spacial score (nSPS) is 16.2. The van der Waals surface area contributed by atoms with Gasteiger partial charge in [-0.2, -0.15) is 0 Å². The van der Waals surface area contributed by atoms with Crippen LogP contribution in [0.2, 0.25) is 0 Å². The molecule has 1 atom stereocenters. The van der Waals surface area contributed by atoms with Gasteiger partial charge in [-0.05, 0) is 86.8 Å². The highest BCUT2D eigenvalue weighted by Gasteiger charge is 2.22. The Balaban J connectivity index is 1.93. The van der Waals surface area contributed by atoms with E-state index in [1.54, 1.807) is 0 Å². The second-order valence-electron chi connectivity index (χ2n) is 9.14. The molecule has 1 heterocycles. The number of aliphatic imine (C=N–C) groups is 1. The van der Waals surface area contributed by atoms with Crippen LogP contribution in [0.25, 0.3) is 0 Å². The molecular formula is C30H40N2O. The molecule has 1 fully saturated rings. The quantitative estimate of drug-likeness (QED) is 0.377. The summed E-state index contributed by atoms with van der Waals surface area (Å²) in [6.45, 7) is 14.7. The second-order valence-corrected chi connectivity index (χ2v) is 9.14. The maximum atomic E-state index is 5.51. The number of unbranched alkanes of at least 4 members (excludes halogenated alkanes) is 1. The van der Waals surface area contributed by atoms with Crippen molar-refractivity contribution < 1.29 is 4.74 Å². The van der Waals surface area contributed by atoms with Gasteiger partial charge in [-0.25, -0.2) is 0 Å². The number of hydrogen-bond donors (Lipinski definition) is 1. The van der Waals surface area contributed by atoms with Gasteiger partial charge in [-0.3, -0.25) is 4.99 Å². The van der Waals surface area contributed by atoms with Gasteiger partial charge in [-0.15, -0.1) is 0 Å². The van der Waals surface area contributed by atoms with E-state index in [4.69, 9.17) is 9.73 Å². The molecule has 0 radical (unpaired) electrons. The number of ether oxygens (including phenoxy) is 1. The van der Waals surface area contributed by atoms with Crippen molar-refractivity contribution in [2.45, 2.75) is 65.7 Å². The highest BCUT2D eigenvalue weighted by Crippen LogP contribution is 2.37. The fourth-order valence-electron chi connectivity index (χ4n) is 4.63. The van der Waals surface area contributed by atoms with Gasteiger partial charge < -0.3 is 10.1 Å². The van der Waals surface area contributed by atoms with Gasteiger partial charge in [0.1, 0.15) is 0 Å². The van der Waals surface area contributed by atoms with Crippen molar-refractivity contribution in [1.29, 1.82) is 0 Å². The first-order valence-electron chi connectivity index (χ1n) is 12.4. The lowest BCUT2D eigenvalue weighted by Crippen LogP contribution is -2.17. The first-order valence-corrected chi connectivity index (χ1v) is 12.4. The lowest BCUT2D eigenvalue weighted by atomic mass is 9.84. The van der Waals surface area contributed by atoms with Crippen LogP contribution in [0.3, 0.4) is 0 Å². The number of benzene rings is 2. The van der Waals surface area contributed by atoms with Crippen molar-refractivity contribution >= 4 is 11.9 Å². The minimum atomic E-state index is 0.0955. The van der Waals surface area contributed by atoms with E-state index in [2.05, 4.69) is 81.2 Å². The van der Waals surface area contributed by atoms with Gasteiger partial charge in [0.25, 0.3) is 0 Å². The van der Waals surface area contributed by atoms with E-state index in [1.807, 2.05) is 13.1 Å². The van der Waals surface area contributed by atoms with Gasteiger partial charge in [0.15, 0.2) is 0 Å². The molecule has 1 N–H and O–H groups in total. The maximum Gasteiger partial charge on any atom is 0.0513 e. The number of hydrogen-bond acceptors (Lipinski definition) is 3. The Bertz CT molecular complexity index is 983. The van der Waals surface area contributed by atoms with E-state index in [0.29, 0.717) is 5.92 Å². The molecule has 176 valence electrons. The molecular weight excluding hydrogens is 404 g/mol. The van der Waals surface area contributed by atoms with Crippen molar-refractivity contribution in [3.63, 3.8) is 0 Å². The average molecular weight is 445 g/mol. The van der Waals surface area contributed by atoms with E-state index < -0.39 is 0 Å². The molecule has 0 spiro atoms. The molecule has 0 aliphatic carbocycles. The summed E-state index contributed by atoms with van der Waals surface area (Å²) in [5, 5.41) is 3.58.